The summed E-state index contributed by atoms with van der Waals surface area (Å²) in [6, 6.07) is 12.4. The minimum absolute atomic E-state index is 0.134. The van der Waals surface area contributed by atoms with Crippen molar-refractivity contribution in [3.63, 3.8) is 0 Å². The van der Waals surface area contributed by atoms with Gasteiger partial charge in [0.1, 0.15) is 0 Å². The molecule has 1 aromatic heterocycles. The molecule has 1 saturated heterocycles. The van der Waals surface area contributed by atoms with E-state index in [2.05, 4.69) is 25.3 Å². The van der Waals surface area contributed by atoms with Gasteiger partial charge in [0.05, 0.1) is 22.8 Å². The lowest BCUT2D eigenvalue weighted by Gasteiger charge is -2.15. The van der Waals surface area contributed by atoms with Crippen LogP contribution in [0.3, 0.4) is 0 Å². The maximum atomic E-state index is 11.4. The van der Waals surface area contributed by atoms with Crippen molar-refractivity contribution in [3.05, 3.63) is 74.2 Å². The number of benzene rings is 2. The number of ether oxygens (including phenoxy) is 1. The van der Waals surface area contributed by atoms with Crippen LogP contribution in [0.2, 0.25) is 10.0 Å². The van der Waals surface area contributed by atoms with Crippen molar-refractivity contribution in [3.8, 4) is 11.4 Å². The fourth-order valence-corrected chi connectivity index (χ4v) is 3.30. The fourth-order valence-electron chi connectivity index (χ4n) is 3.00. The van der Waals surface area contributed by atoms with Crippen LogP contribution in [0, 0.1) is 0 Å². The maximum Gasteiger partial charge on any atom is 0.439 e. The van der Waals surface area contributed by atoms with Crippen LogP contribution in [0.25, 0.3) is 11.4 Å². The smallest absolute Gasteiger partial charge is 0.372 e. The Hall–Kier alpha value is -2.65. The topological polar surface area (TPSA) is 109 Å². The first-order valence-corrected chi connectivity index (χ1v) is 11.4. The van der Waals surface area contributed by atoms with E-state index in [1.807, 2.05) is 32.0 Å². The Bertz CT molecular complexity index is 1080. The second kappa shape index (κ2) is 13.8. The molecule has 2 aromatic carbocycles. The van der Waals surface area contributed by atoms with Gasteiger partial charge in [-0.15, -0.1) is 0 Å². The molecule has 1 aliphatic heterocycles. The van der Waals surface area contributed by atoms with Gasteiger partial charge < -0.3 is 15.4 Å². The van der Waals surface area contributed by atoms with Gasteiger partial charge in [-0.05, 0) is 42.8 Å². The molecule has 3 N–H and O–H groups in total. The van der Waals surface area contributed by atoms with Crippen LogP contribution in [0.1, 0.15) is 42.3 Å². The van der Waals surface area contributed by atoms with Gasteiger partial charge in [0, 0.05) is 24.7 Å². The van der Waals surface area contributed by atoms with E-state index in [-0.39, 0.29) is 12.0 Å². The van der Waals surface area contributed by atoms with Gasteiger partial charge in [0.2, 0.25) is 0 Å². The minimum atomic E-state index is -0.625. The molecule has 0 saturated carbocycles. The van der Waals surface area contributed by atoms with Crippen molar-refractivity contribution in [1.82, 2.24) is 20.8 Å². The van der Waals surface area contributed by atoms with Crippen LogP contribution in [0.15, 0.2) is 51.8 Å². The van der Waals surface area contributed by atoms with E-state index in [0.717, 1.165) is 31.7 Å². The van der Waals surface area contributed by atoms with E-state index in [1.54, 1.807) is 31.3 Å². The molecular weight excluding hydrogens is 467 g/mol. The summed E-state index contributed by atoms with van der Waals surface area (Å²) in [6.07, 6.45) is 1.10. The lowest BCUT2D eigenvalue weighted by atomic mass is 10.1. The zero-order valence-corrected chi connectivity index (χ0v) is 20.3. The number of nitrogens with one attached hydrogen (secondary N) is 3. The molecule has 1 unspecified atom stereocenters. The Kier molecular flexibility index (Phi) is 11.1. The van der Waals surface area contributed by atoms with Crippen molar-refractivity contribution in [1.29, 1.82) is 0 Å². The van der Waals surface area contributed by atoms with Crippen LogP contribution in [-0.2, 0) is 4.74 Å². The summed E-state index contributed by atoms with van der Waals surface area (Å²) in [5.74, 6) is -0.524. The number of amides is 1. The highest BCUT2D eigenvalue weighted by atomic mass is 35.5. The molecule has 2 heterocycles. The first kappa shape index (κ1) is 26.6. The summed E-state index contributed by atoms with van der Waals surface area (Å²) < 4.78 is 10.1. The highest BCUT2D eigenvalue weighted by Crippen LogP contribution is 2.29. The Morgan fingerprint density at radius 1 is 1.12 bits per heavy atom. The highest BCUT2D eigenvalue weighted by Gasteiger charge is 2.15. The van der Waals surface area contributed by atoms with Crippen molar-refractivity contribution < 1.29 is 14.1 Å². The van der Waals surface area contributed by atoms with E-state index >= 15 is 0 Å². The minimum Gasteiger partial charge on any atom is -0.372 e. The third kappa shape index (κ3) is 8.01. The van der Waals surface area contributed by atoms with E-state index in [9.17, 15) is 9.59 Å². The van der Waals surface area contributed by atoms with Crippen molar-refractivity contribution in [2.45, 2.75) is 26.4 Å². The van der Waals surface area contributed by atoms with E-state index in [0.29, 0.717) is 27.0 Å². The van der Waals surface area contributed by atoms with Crippen molar-refractivity contribution in [2.24, 2.45) is 0 Å². The standard InChI is InChI=1S/C11H13Cl2NO.C10H9N3O3.C2H6/c12-9-2-1-8(7-10(9)13)11-3-4-14-5-6-15-11;1-11-9(14)7-4-2-3-6(5-7)8-12-10(15)16-13-8;1-2/h1-2,7,11,14H,3-6H2;2-5H,1H3,(H,11,14)(H,12,13,15);1-2H3. The predicted molar refractivity (Wildman–Crippen MR) is 130 cm³/mol. The van der Waals surface area contributed by atoms with Gasteiger partial charge in [0.25, 0.3) is 5.91 Å². The number of H-pyrrole nitrogens is 1. The molecule has 1 aliphatic rings. The predicted octanol–water partition coefficient (Wildman–Crippen LogP) is 4.46. The van der Waals surface area contributed by atoms with Crippen LogP contribution in [0.5, 0.6) is 0 Å². The normalized spacial score (nSPS) is 15.2. The summed E-state index contributed by atoms with van der Waals surface area (Å²) in [6.45, 7) is 6.63. The number of nitrogens with zero attached hydrogens (tertiary/aromatic N) is 1. The maximum absolute atomic E-state index is 11.4. The number of carbonyl (C=O) groups is 1. The monoisotopic (exact) mass is 494 g/mol. The Morgan fingerprint density at radius 2 is 1.91 bits per heavy atom. The number of carbonyl (C=O) groups excluding carboxylic acids is 1. The Labute approximate surface area is 202 Å². The molecule has 0 radical (unpaired) electrons. The molecule has 33 heavy (non-hydrogen) atoms. The second-order valence-corrected chi connectivity index (χ2v) is 7.49. The van der Waals surface area contributed by atoms with Crippen LogP contribution >= 0.6 is 23.2 Å². The van der Waals surface area contributed by atoms with E-state index in [1.165, 1.54) is 0 Å². The number of hydrogen-bond acceptors (Lipinski definition) is 6. The molecule has 1 fully saturated rings. The zero-order chi connectivity index (χ0) is 24.2. The highest BCUT2D eigenvalue weighted by molar-refractivity contribution is 6.42. The molecule has 0 spiro atoms. The summed E-state index contributed by atoms with van der Waals surface area (Å²) in [7, 11) is 1.55. The van der Waals surface area contributed by atoms with Gasteiger partial charge in [-0.1, -0.05) is 60.4 Å². The number of aromatic amines is 1. The van der Waals surface area contributed by atoms with Crippen molar-refractivity contribution >= 4 is 29.1 Å². The van der Waals surface area contributed by atoms with Gasteiger partial charge in [0.15, 0.2) is 5.82 Å². The Balaban J connectivity index is 0.000000218. The third-order valence-electron chi connectivity index (χ3n) is 4.56. The lowest BCUT2D eigenvalue weighted by molar-refractivity contribution is 0.0644. The second-order valence-electron chi connectivity index (χ2n) is 6.68. The molecule has 0 aliphatic carbocycles. The van der Waals surface area contributed by atoms with E-state index < -0.39 is 5.76 Å². The molecule has 178 valence electrons. The van der Waals surface area contributed by atoms with Crippen LogP contribution < -0.4 is 16.4 Å². The average molecular weight is 495 g/mol. The molecule has 1 atom stereocenters. The van der Waals surface area contributed by atoms with Gasteiger partial charge >= 0.3 is 5.76 Å². The first-order valence-electron chi connectivity index (χ1n) is 10.6. The number of halogens is 2. The number of rotatable bonds is 3. The fraction of sp³-hybridized carbons (Fsp3) is 0.348. The average Bonchev–Trinajstić information content (AvgIpc) is 3.11. The lowest BCUT2D eigenvalue weighted by Crippen LogP contribution is -2.17. The van der Waals surface area contributed by atoms with Gasteiger partial charge in [-0.3, -0.25) is 14.3 Å². The van der Waals surface area contributed by atoms with Gasteiger partial charge in [-0.25, -0.2) is 4.79 Å². The number of aromatic nitrogens is 2. The SMILES string of the molecule is CC.CNC(=O)c1cccc(-c2noc(=O)[nH]2)c1.Clc1ccc(C2CCNCCO2)cc1Cl. The summed E-state index contributed by atoms with van der Waals surface area (Å²) in [5.41, 5.74) is 2.21. The quantitative estimate of drug-likeness (QED) is 0.495. The van der Waals surface area contributed by atoms with E-state index in [4.69, 9.17) is 27.9 Å². The molecule has 8 nitrogen and oxygen atoms in total. The summed E-state index contributed by atoms with van der Waals surface area (Å²) in [4.78, 5) is 24.6. The molecule has 3 aromatic rings. The molecule has 4 rings (SSSR count). The zero-order valence-electron chi connectivity index (χ0n) is 18.8. The van der Waals surface area contributed by atoms with Crippen molar-refractivity contribution in [2.75, 3.05) is 26.7 Å². The molecule has 0 bridgehead atoms. The summed E-state index contributed by atoms with van der Waals surface area (Å²) in [5, 5.41) is 10.5. The molecule has 10 heteroatoms. The molecular formula is C23H28Cl2N4O4. The third-order valence-corrected chi connectivity index (χ3v) is 5.30. The van der Waals surface area contributed by atoms with Gasteiger partial charge in [-0.2, -0.15) is 0 Å². The van der Waals surface area contributed by atoms with Crippen LogP contribution in [0.4, 0.5) is 0 Å². The molecule has 1 amide bonds. The first-order chi connectivity index (χ1) is 16.0. The Morgan fingerprint density at radius 3 is 2.58 bits per heavy atom. The van der Waals surface area contributed by atoms with Crippen LogP contribution in [-0.4, -0.2) is 42.8 Å². The summed E-state index contributed by atoms with van der Waals surface area (Å²) >= 11 is 11.8. The number of hydrogen-bond donors (Lipinski definition) is 3. The largest absolute Gasteiger partial charge is 0.439 e.